The van der Waals surface area contributed by atoms with Gasteiger partial charge in [0.25, 0.3) is 10.2 Å². The quantitative estimate of drug-likeness (QED) is 0.182. The number of thioether (sulfide) groups is 1. The van der Waals surface area contributed by atoms with Gasteiger partial charge in [-0.3, -0.25) is 4.72 Å². The molecule has 45 heavy (non-hydrogen) atoms. The fourth-order valence-corrected chi connectivity index (χ4v) is 10.2. The van der Waals surface area contributed by atoms with E-state index in [1.807, 2.05) is 0 Å². The summed E-state index contributed by atoms with van der Waals surface area (Å²) >= 11 is 2.00. The Labute approximate surface area is 266 Å². The van der Waals surface area contributed by atoms with Crippen molar-refractivity contribution in [2.75, 3.05) is 13.2 Å². The van der Waals surface area contributed by atoms with E-state index in [0.717, 1.165) is 23.7 Å². The van der Waals surface area contributed by atoms with Gasteiger partial charge in [-0.2, -0.15) is 0 Å². The number of benzene rings is 1. The smallest absolute Gasteiger partial charge is 0.414 e. The van der Waals surface area contributed by atoms with Crippen molar-refractivity contribution in [3.63, 3.8) is 0 Å². The summed E-state index contributed by atoms with van der Waals surface area (Å²) in [5, 5.41) is 18.2. The maximum Gasteiger partial charge on any atom is 0.422 e. The molecule has 0 radical (unpaired) electrons. The zero-order chi connectivity index (χ0) is 32.7. The highest BCUT2D eigenvalue weighted by Gasteiger charge is 2.52. The summed E-state index contributed by atoms with van der Waals surface area (Å²) in [4.78, 5) is 56.6. The van der Waals surface area contributed by atoms with E-state index in [1.54, 1.807) is 26.0 Å². The van der Waals surface area contributed by atoms with Gasteiger partial charge in [0.15, 0.2) is 9.84 Å². The molecule has 1 aliphatic carbocycles. The van der Waals surface area contributed by atoms with Gasteiger partial charge in [0, 0.05) is 24.9 Å². The minimum absolute atomic E-state index is 0.168. The lowest BCUT2D eigenvalue weighted by Crippen LogP contribution is -2.54. The number of rotatable bonds is 12. The lowest BCUT2D eigenvalue weighted by molar-refractivity contribution is -0.763. The summed E-state index contributed by atoms with van der Waals surface area (Å²) in [5.74, 6) is -0.0132. The van der Waals surface area contributed by atoms with E-state index < -0.39 is 54.0 Å². The highest BCUT2D eigenvalue weighted by Crippen LogP contribution is 2.51. The van der Waals surface area contributed by atoms with Crippen LogP contribution in [0.4, 0.5) is 9.59 Å². The van der Waals surface area contributed by atoms with Gasteiger partial charge in [0.05, 0.1) is 9.49 Å². The summed E-state index contributed by atoms with van der Waals surface area (Å²) < 4.78 is 39.6. The Hall–Kier alpha value is -3.97. The highest BCUT2D eigenvalue weighted by molar-refractivity contribution is 8.26. The van der Waals surface area contributed by atoms with Gasteiger partial charge in [-0.1, -0.05) is 36.0 Å². The van der Waals surface area contributed by atoms with Crippen molar-refractivity contribution in [1.29, 1.82) is 0 Å². The number of carbonyl (C=O) groups is 2. The predicted octanol–water partition coefficient (Wildman–Crippen LogP) is 4.51. The van der Waals surface area contributed by atoms with Crippen LogP contribution in [0.1, 0.15) is 38.7 Å². The summed E-state index contributed by atoms with van der Waals surface area (Å²) in [6.07, 6.45) is 4.35. The maximum atomic E-state index is 13.3. The molecule has 2 aliphatic heterocycles. The molecule has 1 aromatic rings. The van der Waals surface area contributed by atoms with Crippen LogP contribution in [-0.4, -0.2) is 64.7 Å². The molecule has 2 amide bonds. The number of nitrogens with zero attached hydrogens (tertiary/aromatic N) is 3. The summed E-state index contributed by atoms with van der Waals surface area (Å²) in [5.41, 5.74) is 1.18. The third-order valence-electron chi connectivity index (χ3n) is 7.23. The number of carbonyl (C=O) groups excluding carboxylic acids is 2. The van der Waals surface area contributed by atoms with Gasteiger partial charge < -0.3 is 24.0 Å². The average molecular weight is 687 g/mol. The minimum atomic E-state index is -3.58. The van der Waals surface area contributed by atoms with Crippen LogP contribution >= 0.6 is 23.7 Å². The van der Waals surface area contributed by atoms with Gasteiger partial charge in [-0.15, -0.1) is 20.2 Å². The Balaban J connectivity index is 1.39. The zero-order valence-electron chi connectivity index (χ0n) is 24.1. The fraction of sp³-hybridized carbons (Fsp3) is 0.462. The van der Waals surface area contributed by atoms with Gasteiger partial charge in [0.1, 0.15) is 29.3 Å². The maximum absolute atomic E-state index is 13.3. The van der Waals surface area contributed by atoms with Crippen LogP contribution in [0.2, 0.25) is 0 Å². The van der Waals surface area contributed by atoms with Gasteiger partial charge in [-0.25, -0.2) is 18.0 Å². The topological polar surface area (TPSA) is 207 Å². The second-order valence-corrected chi connectivity index (χ2v) is 15.2. The van der Waals surface area contributed by atoms with Crippen LogP contribution in [0.15, 0.2) is 58.1 Å². The molecule has 0 aromatic heterocycles. The number of ether oxygens (including phenoxy) is 2. The van der Waals surface area contributed by atoms with Crippen molar-refractivity contribution in [2.45, 2.75) is 55.6 Å². The van der Waals surface area contributed by atoms with Crippen molar-refractivity contribution in [1.82, 2.24) is 9.62 Å². The SMILES string of the molecule is CCN(C(=O)Oc1ccc(CO[N+](=O)[O-])cc1)C1CC(C)S(=O)(=O)C2SC(SNC(=O)OC3=CC=C(CO[N+](=O)[O-])CC3)=CC12. The van der Waals surface area contributed by atoms with Crippen LogP contribution in [0.25, 0.3) is 0 Å². The monoisotopic (exact) mass is 686 g/mol. The molecule has 4 rings (SSSR count). The Morgan fingerprint density at radius 1 is 1.07 bits per heavy atom. The van der Waals surface area contributed by atoms with Crippen molar-refractivity contribution >= 4 is 45.7 Å². The number of allylic oxidation sites excluding steroid dienone is 3. The van der Waals surface area contributed by atoms with Crippen LogP contribution in [0.3, 0.4) is 0 Å². The molecule has 4 atom stereocenters. The van der Waals surface area contributed by atoms with E-state index in [1.165, 1.54) is 35.2 Å². The van der Waals surface area contributed by atoms with Crippen molar-refractivity contribution in [2.24, 2.45) is 5.92 Å². The van der Waals surface area contributed by atoms with E-state index in [0.29, 0.717) is 34.0 Å². The largest absolute Gasteiger partial charge is 0.422 e. The minimum Gasteiger partial charge on any atom is -0.414 e. The molecule has 0 spiro atoms. The van der Waals surface area contributed by atoms with Crippen molar-refractivity contribution < 1.29 is 47.3 Å². The summed E-state index contributed by atoms with van der Waals surface area (Å²) in [6, 6.07) is 5.51. The Kier molecular flexibility index (Phi) is 11.2. The molecular weight excluding hydrogens is 657 g/mol. The lowest BCUT2D eigenvalue weighted by atomic mass is 9.95. The average Bonchev–Trinajstić information content (AvgIpc) is 3.44. The normalized spacial score (nSPS) is 23.3. The number of hydrogen-bond donors (Lipinski definition) is 1. The lowest BCUT2D eigenvalue weighted by Gasteiger charge is -2.41. The summed E-state index contributed by atoms with van der Waals surface area (Å²) in [7, 11) is -3.58. The standard InChI is InChI=1S/C26H30N4O12S3/c1-3-28(26(32)42-20-10-6-18(7-11-20)15-40-30(35)36)22-12-16(2)45(37,38)24-21(22)13-23(43-24)44-27-25(31)41-19-8-4-17(5-9-19)14-39-29(33)34/h4,6-8,10-11,13,16,21-22,24H,3,5,9,12,14-15H2,1-2H3,(H,27,31). The van der Waals surface area contributed by atoms with Crippen LogP contribution in [0, 0.1) is 26.1 Å². The first-order valence-electron chi connectivity index (χ1n) is 13.6. The van der Waals surface area contributed by atoms with Crippen LogP contribution in [-0.2, 0) is 30.9 Å². The van der Waals surface area contributed by atoms with E-state index >= 15 is 0 Å². The molecule has 1 fully saturated rings. The number of fused-ring (bicyclic) bond motifs is 1. The van der Waals surface area contributed by atoms with Crippen LogP contribution in [0.5, 0.6) is 5.75 Å². The molecule has 1 N–H and O–H groups in total. The zero-order valence-corrected chi connectivity index (χ0v) is 26.5. The van der Waals surface area contributed by atoms with Gasteiger partial charge >= 0.3 is 12.2 Å². The Morgan fingerprint density at radius 3 is 2.38 bits per heavy atom. The van der Waals surface area contributed by atoms with E-state index in [4.69, 9.17) is 9.47 Å². The number of amides is 2. The molecule has 3 aliphatic rings. The number of sulfone groups is 1. The van der Waals surface area contributed by atoms with Crippen molar-refractivity contribution in [3.8, 4) is 5.75 Å². The molecule has 244 valence electrons. The predicted molar refractivity (Wildman–Crippen MR) is 162 cm³/mol. The molecule has 0 bridgehead atoms. The molecule has 2 heterocycles. The first-order valence-corrected chi connectivity index (χ1v) is 16.9. The van der Waals surface area contributed by atoms with E-state index in [9.17, 15) is 38.2 Å². The first kappa shape index (κ1) is 33.9. The molecule has 19 heteroatoms. The van der Waals surface area contributed by atoms with Crippen molar-refractivity contribution in [3.05, 3.63) is 83.9 Å². The molecule has 16 nitrogen and oxygen atoms in total. The Bertz CT molecular complexity index is 1510. The molecular formula is C26H30N4O12S3. The second kappa shape index (κ2) is 14.9. The third kappa shape index (κ3) is 8.82. The van der Waals surface area contributed by atoms with Crippen LogP contribution < -0.4 is 9.46 Å². The number of hydrogen-bond acceptors (Lipinski definition) is 14. The fourth-order valence-electron chi connectivity index (χ4n) is 4.97. The molecule has 4 unspecified atom stereocenters. The molecule has 1 saturated heterocycles. The van der Waals surface area contributed by atoms with E-state index in [-0.39, 0.29) is 31.9 Å². The van der Waals surface area contributed by atoms with Gasteiger partial charge in [-0.05, 0) is 68.0 Å². The molecule has 1 aromatic carbocycles. The third-order valence-corrected chi connectivity index (χ3v) is 12.7. The number of nitrogens with one attached hydrogen (secondary N) is 1. The second-order valence-electron chi connectivity index (χ2n) is 10.1. The first-order chi connectivity index (χ1) is 21.4. The van der Waals surface area contributed by atoms with Gasteiger partial charge in [0.2, 0.25) is 0 Å². The highest BCUT2D eigenvalue weighted by atomic mass is 32.3. The molecule has 0 saturated carbocycles. The summed E-state index contributed by atoms with van der Waals surface area (Å²) in [6.45, 7) is 3.18. The van der Waals surface area contributed by atoms with E-state index in [2.05, 4.69) is 14.4 Å². The Morgan fingerprint density at radius 2 is 1.76 bits per heavy atom.